The van der Waals surface area contributed by atoms with Crippen molar-refractivity contribution in [2.24, 2.45) is 0 Å². The molecule has 0 saturated heterocycles. The van der Waals surface area contributed by atoms with Gasteiger partial charge in [0.25, 0.3) is 0 Å². The fourth-order valence-electron chi connectivity index (χ4n) is 0.511. The molecule has 0 aliphatic rings. The summed E-state index contributed by atoms with van der Waals surface area (Å²) >= 11 is 0. The van der Waals surface area contributed by atoms with Gasteiger partial charge < -0.3 is 11.5 Å². The molecule has 0 bridgehead atoms. The van der Waals surface area contributed by atoms with Gasteiger partial charge in [-0.2, -0.15) is 0 Å². The van der Waals surface area contributed by atoms with Crippen molar-refractivity contribution in [2.75, 3.05) is 11.5 Å². The summed E-state index contributed by atoms with van der Waals surface area (Å²) in [6.45, 7) is 0. The molecule has 59 valence electrons. The fourth-order valence-corrected chi connectivity index (χ4v) is 0.511. The van der Waals surface area contributed by atoms with E-state index in [0.717, 1.165) is 0 Å². The smallest absolute Gasteiger partial charge is 0.0547 e. The Bertz CT molecular complexity index is 175. The molecule has 1 aromatic carbocycles. The first-order valence-electron chi connectivity index (χ1n) is 2.40. The zero-order valence-corrected chi connectivity index (χ0v) is 9.91. The van der Waals surface area contributed by atoms with Crippen molar-refractivity contribution in [3.05, 3.63) is 24.3 Å². The molecule has 5 heteroatoms. The summed E-state index contributed by atoms with van der Waals surface area (Å²) in [5.41, 5.74) is 12.1. The van der Waals surface area contributed by atoms with Crippen LogP contribution in [0.4, 0.5) is 11.4 Å². The molecule has 1 rings (SSSR count). The summed E-state index contributed by atoms with van der Waals surface area (Å²) < 4.78 is 0. The van der Waals surface area contributed by atoms with E-state index in [9.17, 15) is 0 Å². The normalized spacial score (nSPS) is 6.55. The van der Waals surface area contributed by atoms with Crippen molar-refractivity contribution < 1.29 is 0 Å². The maximum absolute atomic E-state index is 5.39. The molecule has 0 amide bonds. The Morgan fingerprint density at radius 3 is 1.27 bits per heavy atom. The molecule has 0 heterocycles. The van der Waals surface area contributed by atoms with E-state index in [1.165, 1.54) is 0 Å². The quantitative estimate of drug-likeness (QED) is 0.494. The average Bonchev–Trinajstić information content (AvgIpc) is 1.77. The molecule has 0 aliphatic heterocycles. The Hall–Kier alpha value is 0.400. The third-order valence-electron chi connectivity index (χ3n) is 0.996. The van der Waals surface area contributed by atoms with Crippen LogP contribution in [0.5, 0.6) is 0 Å². The molecule has 0 aromatic heterocycles. The molecule has 0 fully saturated rings. The van der Waals surface area contributed by atoms with Gasteiger partial charge in [0.1, 0.15) is 0 Å². The summed E-state index contributed by atoms with van der Waals surface area (Å²) in [5, 5.41) is 0. The number of para-hydroxylation sites is 2. The van der Waals surface area contributed by atoms with Crippen molar-refractivity contribution in [3.8, 4) is 0 Å². The third kappa shape index (κ3) is 5.65. The van der Waals surface area contributed by atoms with Gasteiger partial charge in [-0.1, -0.05) is 12.1 Å². The number of halogens is 2. The molecule has 1 radical (unpaired) electrons. The summed E-state index contributed by atoms with van der Waals surface area (Å²) in [6, 6.07) is 7.25. The van der Waals surface area contributed by atoms with Crippen LogP contribution in [0.3, 0.4) is 0 Å². The van der Waals surface area contributed by atoms with Gasteiger partial charge in [-0.05, 0) is 12.1 Å². The number of hydrogen-bond donors (Lipinski definition) is 2. The van der Waals surface area contributed by atoms with E-state index in [0.29, 0.717) is 11.4 Å². The zero-order chi connectivity index (χ0) is 5.98. The zero-order valence-electron chi connectivity index (χ0n) is 6.28. The fraction of sp³-hybridized carbons (Fsp3) is 0. The summed E-state index contributed by atoms with van der Waals surface area (Å²) in [6.07, 6.45) is 0. The van der Waals surface area contributed by atoms with E-state index in [4.69, 9.17) is 11.5 Å². The molecular weight excluding hydrogens is 194 g/mol. The standard InChI is InChI=1S/C6H8N2.2ClH.Na/c7-5-3-1-2-4-6(5)8;;;/h1-4H,7-8H2;2*1H;. The topological polar surface area (TPSA) is 52.0 Å². The molecule has 0 unspecified atom stereocenters. The Morgan fingerprint density at radius 1 is 0.818 bits per heavy atom. The molecule has 0 saturated carbocycles. The van der Waals surface area contributed by atoms with Gasteiger partial charge in [-0.3, -0.25) is 0 Å². The van der Waals surface area contributed by atoms with Crippen LogP contribution in [0.1, 0.15) is 0 Å². The van der Waals surface area contributed by atoms with E-state index in [-0.39, 0.29) is 54.4 Å². The predicted octanol–water partition coefficient (Wildman–Crippen LogP) is 1.31. The molecule has 0 aliphatic carbocycles. The monoisotopic (exact) mass is 203 g/mol. The van der Waals surface area contributed by atoms with Crippen molar-refractivity contribution in [2.45, 2.75) is 0 Å². The number of hydrogen-bond acceptors (Lipinski definition) is 2. The summed E-state index contributed by atoms with van der Waals surface area (Å²) in [7, 11) is 0. The number of benzene rings is 1. The molecule has 0 spiro atoms. The molecular formula is C6H10Cl2N2Na. The van der Waals surface area contributed by atoms with E-state index in [1.54, 1.807) is 12.1 Å². The summed E-state index contributed by atoms with van der Waals surface area (Å²) in [5.74, 6) is 0. The molecule has 1 aromatic rings. The van der Waals surface area contributed by atoms with Gasteiger partial charge in [-0.25, -0.2) is 0 Å². The second-order valence-corrected chi connectivity index (χ2v) is 1.63. The number of anilines is 2. The molecule has 2 nitrogen and oxygen atoms in total. The second-order valence-electron chi connectivity index (χ2n) is 1.63. The van der Waals surface area contributed by atoms with Crippen LogP contribution in [-0.4, -0.2) is 29.6 Å². The number of nitrogen functional groups attached to an aromatic ring is 2. The van der Waals surface area contributed by atoms with Crippen LogP contribution in [0.15, 0.2) is 24.3 Å². The van der Waals surface area contributed by atoms with E-state index in [2.05, 4.69) is 0 Å². The minimum atomic E-state index is 0. The van der Waals surface area contributed by atoms with Gasteiger partial charge in [0, 0.05) is 29.6 Å². The Labute approximate surface area is 101 Å². The van der Waals surface area contributed by atoms with Crippen LogP contribution < -0.4 is 11.5 Å². The first-order valence-corrected chi connectivity index (χ1v) is 2.40. The van der Waals surface area contributed by atoms with Gasteiger partial charge in [-0.15, -0.1) is 24.8 Å². The van der Waals surface area contributed by atoms with Crippen molar-refractivity contribution in [1.29, 1.82) is 0 Å². The second kappa shape index (κ2) is 8.50. The first-order chi connectivity index (χ1) is 3.80. The van der Waals surface area contributed by atoms with Crippen LogP contribution in [0.2, 0.25) is 0 Å². The molecule has 4 N–H and O–H groups in total. The van der Waals surface area contributed by atoms with Gasteiger partial charge in [0.2, 0.25) is 0 Å². The van der Waals surface area contributed by atoms with Gasteiger partial charge in [0.05, 0.1) is 11.4 Å². The minimum Gasteiger partial charge on any atom is -0.397 e. The van der Waals surface area contributed by atoms with Crippen LogP contribution >= 0.6 is 24.8 Å². The largest absolute Gasteiger partial charge is 0.397 e. The Kier molecular flexibility index (Phi) is 13.5. The maximum Gasteiger partial charge on any atom is 0.0547 e. The van der Waals surface area contributed by atoms with Crippen LogP contribution in [-0.2, 0) is 0 Å². The minimum absolute atomic E-state index is 0. The predicted molar refractivity (Wildman–Crippen MR) is 55.5 cm³/mol. The van der Waals surface area contributed by atoms with Gasteiger partial charge >= 0.3 is 0 Å². The maximum atomic E-state index is 5.39. The van der Waals surface area contributed by atoms with Crippen molar-refractivity contribution >= 4 is 65.7 Å². The van der Waals surface area contributed by atoms with Crippen LogP contribution in [0, 0.1) is 0 Å². The van der Waals surface area contributed by atoms with Crippen LogP contribution in [0.25, 0.3) is 0 Å². The number of nitrogens with two attached hydrogens (primary N) is 2. The first kappa shape index (κ1) is 17.5. The summed E-state index contributed by atoms with van der Waals surface area (Å²) in [4.78, 5) is 0. The van der Waals surface area contributed by atoms with Gasteiger partial charge in [0.15, 0.2) is 0 Å². The number of rotatable bonds is 0. The Morgan fingerprint density at radius 2 is 1.09 bits per heavy atom. The van der Waals surface area contributed by atoms with Crippen molar-refractivity contribution in [1.82, 2.24) is 0 Å². The Balaban J connectivity index is -0.000000213. The molecule has 0 atom stereocenters. The van der Waals surface area contributed by atoms with Crippen molar-refractivity contribution in [3.63, 3.8) is 0 Å². The third-order valence-corrected chi connectivity index (χ3v) is 0.996. The van der Waals surface area contributed by atoms with E-state index < -0.39 is 0 Å². The van der Waals surface area contributed by atoms with E-state index in [1.807, 2.05) is 12.1 Å². The van der Waals surface area contributed by atoms with E-state index >= 15 is 0 Å². The SMILES string of the molecule is Cl.Cl.Nc1ccccc1N.[Na]. The average molecular weight is 204 g/mol. The molecule has 11 heavy (non-hydrogen) atoms.